The molecule has 0 fully saturated rings. The van der Waals surface area contributed by atoms with Gasteiger partial charge in [-0.25, -0.2) is 0 Å². The van der Waals surface area contributed by atoms with E-state index in [1.165, 1.54) is 24.0 Å². The Morgan fingerprint density at radius 3 is 2.68 bits per heavy atom. The van der Waals surface area contributed by atoms with Crippen LogP contribution in [0.25, 0.3) is 0 Å². The van der Waals surface area contributed by atoms with Gasteiger partial charge in [0.15, 0.2) is 0 Å². The van der Waals surface area contributed by atoms with E-state index >= 15 is 0 Å². The molecule has 1 rings (SSSR count). The number of ether oxygens (including phenoxy) is 1. The Kier molecular flexibility index (Phi) is 7.06. The highest BCUT2D eigenvalue weighted by Crippen LogP contribution is 2.23. The van der Waals surface area contributed by atoms with Gasteiger partial charge in [-0.3, -0.25) is 4.90 Å². The lowest BCUT2D eigenvalue weighted by Gasteiger charge is -2.33. The van der Waals surface area contributed by atoms with Gasteiger partial charge in [0.25, 0.3) is 0 Å². The maximum absolute atomic E-state index is 5.99. The van der Waals surface area contributed by atoms with Crippen LogP contribution in [0.2, 0.25) is 0 Å². The number of methoxy groups -OCH3 is 1. The molecule has 2 unspecified atom stereocenters. The van der Waals surface area contributed by atoms with Gasteiger partial charge >= 0.3 is 0 Å². The highest BCUT2D eigenvalue weighted by atomic mass is 16.5. The molecular weight excluding hydrogens is 236 g/mol. The molecule has 0 heterocycles. The molecule has 2 atom stereocenters. The van der Waals surface area contributed by atoms with E-state index in [4.69, 9.17) is 10.5 Å². The summed E-state index contributed by atoms with van der Waals surface area (Å²) in [6.07, 6.45) is 2.40. The van der Waals surface area contributed by atoms with Gasteiger partial charge in [-0.05, 0) is 31.5 Å². The molecule has 0 amide bonds. The highest BCUT2D eigenvalue weighted by Gasteiger charge is 2.19. The van der Waals surface area contributed by atoms with Crippen LogP contribution in [0, 0.1) is 0 Å². The number of likely N-dealkylation sites (N-methyl/N-ethyl adjacent to an activating group) is 1. The Morgan fingerprint density at radius 1 is 1.37 bits per heavy atom. The van der Waals surface area contributed by atoms with Crippen LogP contribution in [0.3, 0.4) is 0 Å². The summed E-state index contributed by atoms with van der Waals surface area (Å²) in [5.74, 6) is 0. The third-order valence-corrected chi connectivity index (χ3v) is 3.76. The number of nitrogens with zero attached hydrogens (tertiary/aromatic N) is 1. The molecule has 0 aromatic heterocycles. The van der Waals surface area contributed by atoms with Gasteiger partial charge in [-0.15, -0.1) is 0 Å². The van der Waals surface area contributed by atoms with E-state index in [0.29, 0.717) is 19.2 Å². The van der Waals surface area contributed by atoms with E-state index in [0.717, 1.165) is 0 Å². The van der Waals surface area contributed by atoms with E-state index < -0.39 is 0 Å². The minimum Gasteiger partial charge on any atom is -0.380 e. The zero-order valence-corrected chi connectivity index (χ0v) is 12.7. The first-order valence-corrected chi connectivity index (χ1v) is 7.13. The zero-order valence-electron chi connectivity index (χ0n) is 12.7. The van der Waals surface area contributed by atoms with Gasteiger partial charge in [0.2, 0.25) is 0 Å². The summed E-state index contributed by atoms with van der Waals surface area (Å²) in [5.41, 5.74) is 8.47. The number of hydrogen-bond donors (Lipinski definition) is 1. The molecule has 0 aliphatic heterocycles. The van der Waals surface area contributed by atoms with Gasteiger partial charge in [-0.1, -0.05) is 37.6 Å². The molecule has 3 heteroatoms. The molecule has 3 nitrogen and oxygen atoms in total. The van der Waals surface area contributed by atoms with Crippen molar-refractivity contribution in [3.05, 3.63) is 35.4 Å². The maximum Gasteiger partial charge on any atom is 0.0713 e. The molecule has 0 aliphatic rings. The van der Waals surface area contributed by atoms with E-state index in [9.17, 15) is 0 Å². The Labute approximate surface area is 117 Å². The molecule has 0 saturated carbocycles. The van der Waals surface area contributed by atoms with Crippen molar-refractivity contribution in [3.63, 3.8) is 0 Å². The number of hydrogen-bond acceptors (Lipinski definition) is 3. The first-order valence-electron chi connectivity index (χ1n) is 7.13. The minimum atomic E-state index is 0.276. The van der Waals surface area contributed by atoms with Crippen LogP contribution < -0.4 is 5.73 Å². The lowest BCUT2D eigenvalue weighted by atomic mass is 10.0. The van der Waals surface area contributed by atoms with Crippen molar-refractivity contribution in [3.8, 4) is 0 Å². The van der Waals surface area contributed by atoms with Crippen molar-refractivity contribution < 1.29 is 4.74 Å². The van der Waals surface area contributed by atoms with Crippen molar-refractivity contribution in [2.45, 2.75) is 45.4 Å². The number of benzene rings is 1. The Balaban J connectivity index is 2.86. The Bertz CT molecular complexity index is 368. The standard InChI is InChI=1S/C16H28N2O/c1-5-7-13(2)18(3)16(11-17)15-9-6-8-14(10-15)12-19-4/h6,8-10,13,16H,5,7,11-12,17H2,1-4H3. The van der Waals surface area contributed by atoms with Gasteiger partial charge < -0.3 is 10.5 Å². The highest BCUT2D eigenvalue weighted by molar-refractivity contribution is 5.26. The van der Waals surface area contributed by atoms with Crippen molar-refractivity contribution in [1.29, 1.82) is 0 Å². The topological polar surface area (TPSA) is 38.5 Å². The van der Waals surface area contributed by atoms with E-state index in [1.54, 1.807) is 7.11 Å². The van der Waals surface area contributed by atoms with Gasteiger partial charge in [-0.2, -0.15) is 0 Å². The van der Waals surface area contributed by atoms with Crippen LogP contribution in [-0.2, 0) is 11.3 Å². The summed E-state index contributed by atoms with van der Waals surface area (Å²) in [6.45, 7) is 5.78. The van der Waals surface area contributed by atoms with Crippen molar-refractivity contribution in [1.82, 2.24) is 4.90 Å². The lowest BCUT2D eigenvalue weighted by molar-refractivity contribution is 0.177. The second-order valence-electron chi connectivity index (χ2n) is 5.23. The number of nitrogens with two attached hydrogens (primary N) is 1. The minimum absolute atomic E-state index is 0.276. The molecule has 1 aromatic carbocycles. The average Bonchev–Trinajstić information content (AvgIpc) is 2.40. The maximum atomic E-state index is 5.99. The number of rotatable bonds is 8. The van der Waals surface area contributed by atoms with E-state index in [2.05, 4.69) is 50.1 Å². The quantitative estimate of drug-likeness (QED) is 0.784. The average molecular weight is 264 g/mol. The summed E-state index contributed by atoms with van der Waals surface area (Å²) in [5, 5.41) is 0. The molecule has 108 valence electrons. The molecule has 0 spiro atoms. The summed E-state index contributed by atoms with van der Waals surface area (Å²) in [6, 6.07) is 9.37. The summed E-state index contributed by atoms with van der Waals surface area (Å²) >= 11 is 0. The molecule has 0 saturated heterocycles. The van der Waals surface area contributed by atoms with Gasteiger partial charge in [0.05, 0.1) is 6.61 Å². The third kappa shape index (κ3) is 4.60. The molecule has 1 aromatic rings. The van der Waals surface area contributed by atoms with Crippen LogP contribution in [0.4, 0.5) is 0 Å². The summed E-state index contributed by atoms with van der Waals surface area (Å²) < 4.78 is 5.20. The molecule has 2 N–H and O–H groups in total. The SMILES string of the molecule is CCCC(C)N(C)C(CN)c1cccc(COC)c1. The van der Waals surface area contributed by atoms with Crippen LogP contribution in [-0.4, -0.2) is 31.6 Å². The van der Waals surface area contributed by atoms with Gasteiger partial charge in [0, 0.05) is 25.7 Å². The molecule has 0 aliphatic carbocycles. The first kappa shape index (κ1) is 16.2. The normalized spacial score (nSPS) is 14.6. The first-order chi connectivity index (χ1) is 9.13. The van der Waals surface area contributed by atoms with Crippen LogP contribution >= 0.6 is 0 Å². The predicted molar refractivity (Wildman–Crippen MR) is 81.1 cm³/mol. The van der Waals surface area contributed by atoms with Crippen LogP contribution in [0.15, 0.2) is 24.3 Å². The van der Waals surface area contributed by atoms with Crippen molar-refractivity contribution >= 4 is 0 Å². The monoisotopic (exact) mass is 264 g/mol. The molecular formula is C16H28N2O. The third-order valence-electron chi connectivity index (χ3n) is 3.76. The molecule has 0 bridgehead atoms. The predicted octanol–water partition coefficient (Wildman–Crippen LogP) is 2.95. The van der Waals surface area contributed by atoms with E-state index in [1.807, 2.05) is 0 Å². The zero-order chi connectivity index (χ0) is 14.3. The second kappa shape index (κ2) is 8.31. The fourth-order valence-corrected chi connectivity index (χ4v) is 2.52. The summed E-state index contributed by atoms with van der Waals surface area (Å²) in [4.78, 5) is 2.38. The fourth-order valence-electron chi connectivity index (χ4n) is 2.52. The fraction of sp³-hybridized carbons (Fsp3) is 0.625. The lowest BCUT2D eigenvalue weighted by Crippen LogP contribution is -2.37. The molecule has 0 radical (unpaired) electrons. The van der Waals surface area contributed by atoms with Gasteiger partial charge in [0.1, 0.15) is 0 Å². The molecule has 19 heavy (non-hydrogen) atoms. The Morgan fingerprint density at radius 2 is 2.11 bits per heavy atom. The van der Waals surface area contributed by atoms with Crippen LogP contribution in [0.5, 0.6) is 0 Å². The van der Waals surface area contributed by atoms with Crippen molar-refractivity contribution in [2.75, 3.05) is 20.7 Å². The van der Waals surface area contributed by atoms with E-state index in [-0.39, 0.29) is 6.04 Å². The van der Waals surface area contributed by atoms with Crippen molar-refractivity contribution in [2.24, 2.45) is 5.73 Å². The second-order valence-corrected chi connectivity index (χ2v) is 5.23. The largest absolute Gasteiger partial charge is 0.380 e. The smallest absolute Gasteiger partial charge is 0.0713 e. The summed E-state index contributed by atoms with van der Waals surface area (Å²) in [7, 11) is 3.89. The van der Waals surface area contributed by atoms with Crippen LogP contribution in [0.1, 0.15) is 43.9 Å². The Hall–Kier alpha value is -0.900.